The Kier molecular flexibility index (Phi) is 8.59. The first-order valence-corrected chi connectivity index (χ1v) is 14.4. The highest BCUT2D eigenvalue weighted by atomic mass is 32.2. The summed E-state index contributed by atoms with van der Waals surface area (Å²) in [5, 5.41) is 11.4. The van der Waals surface area contributed by atoms with Gasteiger partial charge < -0.3 is 10.1 Å². The Morgan fingerprint density at radius 3 is 2.34 bits per heavy atom. The maximum Gasteiger partial charge on any atom is 0.340 e. The summed E-state index contributed by atoms with van der Waals surface area (Å²) in [4.78, 5) is 25.2. The van der Waals surface area contributed by atoms with Gasteiger partial charge in [0.05, 0.1) is 28.5 Å². The van der Waals surface area contributed by atoms with Crippen molar-refractivity contribution in [2.75, 3.05) is 17.7 Å². The molecule has 0 aliphatic carbocycles. The summed E-state index contributed by atoms with van der Waals surface area (Å²) >= 11 is 1.10. The molecule has 0 saturated heterocycles. The number of nitrogens with one attached hydrogen (secondary N) is 1. The lowest BCUT2D eigenvalue weighted by Gasteiger charge is -2.12. The standard InChI is InChI=1S/C27H26N4O5S2/c1-3-36-26(33)22-11-7-8-12-23(22)28-25(32)17-37-27-30-29-24(31(27)20-9-5-4-6-10-20)18-38(34,35)21-15-13-19(2)14-16-21/h4-16H,3,17-18H2,1-2H3,(H,28,32). The first-order valence-electron chi connectivity index (χ1n) is 11.8. The van der Waals surface area contributed by atoms with Crippen LogP contribution in [0.4, 0.5) is 5.69 Å². The maximum absolute atomic E-state index is 13.1. The zero-order valence-electron chi connectivity index (χ0n) is 20.8. The molecule has 0 aliphatic rings. The van der Waals surface area contributed by atoms with E-state index in [0.717, 1.165) is 17.3 Å². The second-order valence-electron chi connectivity index (χ2n) is 8.24. The number of benzene rings is 3. The van der Waals surface area contributed by atoms with Crippen LogP contribution in [-0.2, 0) is 25.1 Å². The molecule has 0 unspecified atom stereocenters. The minimum Gasteiger partial charge on any atom is -0.462 e. The van der Waals surface area contributed by atoms with Crippen molar-refractivity contribution >= 4 is 39.2 Å². The number of esters is 1. The van der Waals surface area contributed by atoms with E-state index < -0.39 is 15.8 Å². The van der Waals surface area contributed by atoms with Crippen molar-refractivity contribution in [1.82, 2.24) is 14.8 Å². The number of para-hydroxylation sites is 2. The highest BCUT2D eigenvalue weighted by Crippen LogP contribution is 2.25. The minimum absolute atomic E-state index is 0.0488. The molecule has 0 bridgehead atoms. The van der Waals surface area contributed by atoms with Gasteiger partial charge in [0.15, 0.2) is 20.8 Å². The predicted octanol–water partition coefficient (Wildman–Crippen LogP) is 4.46. The van der Waals surface area contributed by atoms with Crippen molar-refractivity contribution in [3.63, 3.8) is 0 Å². The van der Waals surface area contributed by atoms with E-state index in [9.17, 15) is 18.0 Å². The van der Waals surface area contributed by atoms with E-state index in [1.54, 1.807) is 60.0 Å². The predicted molar refractivity (Wildman–Crippen MR) is 145 cm³/mol. The number of hydrogen-bond acceptors (Lipinski definition) is 8. The van der Waals surface area contributed by atoms with Crippen LogP contribution in [0, 0.1) is 6.92 Å². The summed E-state index contributed by atoms with van der Waals surface area (Å²) in [7, 11) is -3.69. The molecule has 1 aromatic heterocycles. The first-order chi connectivity index (χ1) is 18.3. The number of amides is 1. The van der Waals surface area contributed by atoms with Crippen LogP contribution in [0.5, 0.6) is 0 Å². The molecule has 0 atom stereocenters. The quantitative estimate of drug-likeness (QED) is 0.227. The number of aryl methyl sites for hydroxylation is 1. The third-order valence-corrected chi connectivity index (χ3v) is 8.00. The third-order valence-electron chi connectivity index (χ3n) is 5.44. The molecule has 4 rings (SSSR count). The van der Waals surface area contributed by atoms with Gasteiger partial charge in [-0.15, -0.1) is 10.2 Å². The number of rotatable bonds is 10. The summed E-state index contributed by atoms with van der Waals surface area (Å²) in [6.45, 7) is 3.81. The summed E-state index contributed by atoms with van der Waals surface area (Å²) in [5.41, 5.74) is 2.22. The largest absolute Gasteiger partial charge is 0.462 e. The Morgan fingerprint density at radius 1 is 0.947 bits per heavy atom. The fourth-order valence-corrected chi connectivity index (χ4v) is 5.63. The Balaban J connectivity index is 1.55. The number of carbonyl (C=O) groups is 2. The van der Waals surface area contributed by atoms with Crippen LogP contribution in [0.15, 0.2) is 88.9 Å². The Bertz CT molecular complexity index is 1540. The lowest BCUT2D eigenvalue weighted by Crippen LogP contribution is -2.18. The van der Waals surface area contributed by atoms with Crippen molar-refractivity contribution in [2.45, 2.75) is 29.7 Å². The highest BCUT2D eigenvalue weighted by Gasteiger charge is 2.23. The fraction of sp³-hybridized carbons (Fsp3) is 0.185. The van der Waals surface area contributed by atoms with Gasteiger partial charge in [-0.3, -0.25) is 9.36 Å². The molecule has 0 spiro atoms. The number of aromatic nitrogens is 3. The van der Waals surface area contributed by atoms with Gasteiger partial charge in [0.1, 0.15) is 5.75 Å². The molecule has 1 N–H and O–H groups in total. The van der Waals surface area contributed by atoms with Gasteiger partial charge in [-0.25, -0.2) is 13.2 Å². The van der Waals surface area contributed by atoms with Crippen molar-refractivity contribution in [1.29, 1.82) is 0 Å². The molecule has 9 nitrogen and oxygen atoms in total. The number of carbonyl (C=O) groups excluding carboxylic acids is 2. The zero-order valence-corrected chi connectivity index (χ0v) is 22.5. The molecule has 1 heterocycles. The molecule has 0 radical (unpaired) electrons. The minimum atomic E-state index is -3.69. The van der Waals surface area contributed by atoms with E-state index >= 15 is 0 Å². The molecule has 1 amide bonds. The van der Waals surface area contributed by atoms with E-state index in [1.807, 2.05) is 37.3 Å². The summed E-state index contributed by atoms with van der Waals surface area (Å²) in [6.07, 6.45) is 0. The van der Waals surface area contributed by atoms with E-state index in [0.29, 0.717) is 16.5 Å². The van der Waals surface area contributed by atoms with Crippen LogP contribution in [-0.4, -0.2) is 47.4 Å². The lowest BCUT2D eigenvalue weighted by atomic mass is 10.2. The second-order valence-corrected chi connectivity index (χ2v) is 11.2. The smallest absolute Gasteiger partial charge is 0.340 e. The number of thioether (sulfide) groups is 1. The number of ether oxygens (including phenoxy) is 1. The Hall–Kier alpha value is -3.96. The zero-order chi connectivity index (χ0) is 27.1. The number of nitrogens with zero attached hydrogens (tertiary/aromatic N) is 3. The Labute approximate surface area is 225 Å². The molecule has 11 heteroatoms. The molecule has 0 saturated carbocycles. The molecule has 38 heavy (non-hydrogen) atoms. The third kappa shape index (κ3) is 6.48. The van der Waals surface area contributed by atoms with Crippen molar-refractivity contribution < 1.29 is 22.7 Å². The number of sulfone groups is 1. The average Bonchev–Trinajstić information content (AvgIpc) is 3.30. The second kappa shape index (κ2) is 12.1. The topological polar surface area (TPSA) is 120 Å². The van der Waals surface area contributed by atoms with Crippen LogP contribution < -0.4 is 5.32 Å². The SMILES string of the molecule is CCOC(=O)c1ccccc1NC(=O)CSc1nnc(CS(=O)(=O)c2ccc(C)cc2)n1-c1ccccc1. The van der Waals surface area contributed by atoms with E-state index in [2.05, 4.69) is 15.5 Å². The van der Waals surface area contributed by atoms with Gasteiger partial charge in [0.25, 0.3) is 0 Å². The molecule has 196 valence electrons. The van der Waals surface area contributed by atoms with Crippen molar-refractivity contribution in [3.8, 4) is 5.69 Å². The van der Waals surface area contributed by atoms with Crippen LogP contribution in [0.25, 0.3) is 5.69 Å². The molecule has 0 fully saturated rings. The summed E-state index contributed by atoms with van der Waals surface area (Å²) in [6, 6.07) is 22.3. The lowest BCUT2D eigenvalue weighted by molar-refractivity contribution is -0.113. The molecule has 0 aliphatic heterocycles. The normalized spacial score (nSPS) is 11.2. The number of anilines is 1. The van der Waals surface area contributed by atoms with Gasteiger partial charge in [0, 0.05) is 5.69 Å². The van der Waals surface area contributed by atoms with Gasteiger partial charge in [-0.1, -0.05) is 59.8 Å². The average molecular weight is 551 g/mol. The molecule has 3 aromatic carbocycles. The fourth-order valence-electron chi connectivity index (χ4n) is 3.62. The van der Waals surface area contributed by atoms with Gasteiger partial charge >= 0.3 is 5.97 Å². The van der Waals surface area contributed by atoms with Crippen LogP contribution in [0.2, 0.25) is 0 Å². The number of hydrogen-bond donors (Lipinski definition) is 1. The van der Waals surface area contributed by atoms with Crippen molar-refractivity contribution in [2.24, 2.45) is 0 Å². The van der Waals surface area contributed by atoms with Gasteiger partial charge in [-0.05, 0) is 50.2 Å². The summed E-state index contributed by atoms with van der Waals surface area (Å²) in [5.74, 6) is -1.08. The molecule has 4 aromatic rings. The maximum atomic E-state index is 13.1. The Morgan fingerprint density at radius 2 is 1.63 bits per heavy atom. The van der Waals surface area contributed by atoms with E-state index in [4.69, 9.17) is 4.74 Å². The van der Waals surface area contributed by atoms with Gasteiger partial charge in [0.2, 0.25) is 5.91 Å². The monoisotopic (exact) mass is 550 g/mol. The van der Waals surface area contributed by atoms with Crippen LogP contribution in [0.1, 0.15) is 28.7 Å². The molecular weight excluding hydrogens is 524 g/mol. The van der Waals surface area contributed by atoms with Crippen LogP contribution >= 0.6 is 11.8 Å². The molecular formula is C27H26N4O5S2. The summed E-state index contributed by atoms with van der Waals surface area (Å²) < 4.78 is 32.9. The van der Waals surface area contributed by atoms with E-state index in [1.165, 1.54) is 0 Å². The van der Waals surface area contributed by atoms with E-state index in [-0.39, 0.29) is 40.3 Å². The van der Waals surface area contributed by atoms with Gasteiger partial charge in [-0.2, -0.15) is 0 Å². The highest BCUT2D eigenvalue weighted by molar-refractivity contribution is 7.99. The first kappa shape index (κ1) is 27.1. The van der Waals surface area contributed by atoms with Crippen molar-refractivity contribution in [3.05, 3.63) is 95.8 Å². The van der Waals surface area contributed by atoms with Crippen LogP contribution in [0.3, 0.4) is 0 Å².